The van der Waals surface area contributed by atoms with E-state index in [2.05, 4.69) is 31.1 Å². The molecule has 0 bridgehead atoms. The summed E-state index contributed by atoms with van der Waals surface area (Å²) in [7, 11) is 2.08. The van der Waals surface area contributed by atoms with E-state index in [1.54, 1.807) is 0 Å². The molecule has 15 heavy (non-hydrogen) atoms. The van der Waals surface area contributed by atoms with E-state index in [1.165, 1.54) is 19.3 Å². The van der Waals surface area contributed by atoms with Gasteiger partial charge in [0.1, 0.15) is 0 Å². The summed E-state index contributed by atoms with van der Waals surface area (Å²) < 4.78 is 5.75. The van der Waals surface area contributed by atoms with Gasteiger partial charge in [0, 0.05) is 25.2 Å². The molecule has 2 atom stereocenters. The molecule has 2 unspecified atom stereocenters. The van der Waals surface area contributed by atoms with Gasteiger partial charge in [0.25, 0.3) is 0 Å². The number of rotatable bonds is 2. The Morgan fingerprint density at radius 2 is 2.13 bits per heavy atom. The summed E-state index contributed by atoms with van der Waals surface area (Å²) in [5.74, 6) is 0. The van der Waals surface area contributed by atoms with Gasteiger partial charge in [0.2, 0.25) is 0 Å². The topological polar surface area (TPSA) is 24.5 Å². The van der Waals surface area contributed by atoms with E-state index in [0.29, 0.717) is 0 Å². The van der Waals surface area contributed by atoms with E-state index in [-0.39, 0.29) is 5.60 Å². The third-order valence-corrected chi connectivity index (χ3v) is 3.78. The van der Waals surface area contributed by atoms with Crippen LogP contribution in [-0.4, -0.2) is 49.3 Å². The van der Waals surface area contributed by atoms with Gasteiger partial charge in [-0.15, -0.1) is 0 Å². The van der Waals surface area contributed by atoms with Crippen molar-refractivity contribution < 1.29 is 4.74 Å². The molecule has 2 aliphatic rings. The lowest BCUT2D eigenvalue weighted by molar-refractivity contribution is -0.0965. The molecule has 88 valence electrons. The molecule has 1 saturated heterocycles. The first kappa shape index (κ1) is 11.4. The minimum atomic E-state index is 0.0516. The van der Waals surface area contributed by atoms with Crippen LogP contribution < -0.4 is 5.32 Å². The third kappa shape index (κ3) is 2.71. The van der Waals surface area contributed by atoms with Crippen molar-refractivity contribution in [2.75, 3.05) is 26.7 Å². The highest BCUT2D eigenvalue weighted by atomic mass is 16.5. The highest BCUT2D eigenvalue weighted by Crippen LogP contribution is 2.27. The standard InChI is InChI=1S/C12H24N2O/c1-12(2)9-14(6-7-15-12)11-5-4-10(8-11)13-3/h10-11,13H,4-9H2,1-3H3. The second-order valence-corrected chi connectivity index (χ2v) is 5.53. The maximum Gasteiger partial charge on any atom is 0.0753 e. The van der Waals surface area contributed by atoms with Crippen molar-refractivity contribution in [3.8, 4) is 0 Å². The first-order valence-electron chi connectivity index (χ1n) is 6.16. The number of ether oxygens (including phenoxy) is 1. The van der Waals surface area contributed by atoms with Crippen molar-refractivity contribution in [2.24, 2.45) is 0 Å². The molecule has 0 amide bonds. The first-order chi connectivity index (χ1) is 7.11. The van der Waals surface area contributed by atoms with Gasteiger partial charge in [-0.3, -0.25) is 4.90 Å². The Morgan fingerprint density at radius 3 is 2.73 bits per heavy atom. The van der Waals surface area contributed by atoms with E-state index in [9.17, 15) is 0 Å². The van der Waals surface area contributed by atoms with Crippen LogP contribution in [0.15, 0.2) is 0 Å². The molecule has 0 aromatic rings. The largest absolute Gasteiger partial charge is 0.373 e. The van der Waals surface area contributed by atoms with Gasteiger partial charge >= 0.3 is 0 Å². The molecular formula is C12H24N2O. The molecule has 0 aromatic carbocycles. The van der Waals surface area contributed by atoms with Crippen molar-refractivity contribution in [1.82, 2.24) is 10.2 Å². The lowest BCUT2D eigenvalue weighted by atomic mass is 10.0. The van der Waals surface area contributed by atoms with Gasteiger partial charge in [-0.2, -0.15) is 0 Å². The third-order valence-electron chi connectivity index (χ3n) is 3.78. The summed E-state index contributed by atoms with van der Waals surface area (Å²) in [5.41, 5.74) is 0.0516. The molecule has 1 aliphatic heterocycles. The number of nitrogens with one attached hydrogen (secondary N) is 1. The lowest BCUT2D eigenvalue weighted by Gasteiger charge is -2.41. The zero-order valence-corrected chi connectivity index (χ0v) is 10.3. The monoisotopic (exact) mass is 212 g/mol. The second-order valence-electron chi connectivity index (χ2n) is 5.53. The summed E-state index contributed by atoms with van der Waals surface area (Å²) in [6, 6.07) is 1.52. The van der Waals surface area contributed by atoms with Crippen LogP contribution in [0, 0.1) is 0 Å². The second kappa shape index (κ2) is 4.40. The fourth-order valence-corrected chi connectivity index (χ4v) is 2.92. The van der Waals surface area contributed by atoms with Gasteiger partial charge in [-0.1, -0.05) is 0 Å². The van der Waals surface area contributed by atoms with Crippen molar-refractivity contribution in [3.05, 3.63) is 0 Å². The predicted molar refractivity (Wildman–Crippen MR) is 62.1 cm³/mol. The van der Waals surface area contributed by atoms with Gasteiger partial charge in [-0.25, -0.2) is 0 Å². The molecule has 1 heterocycles. The SMILES string of the molecule is CNC1CCC(N2CCOC(C)(C)C2)C1. The van der Waals surface area contributed by atoms with Crippen LogP contribution in [0.5, 0.6) is 0 Å². The molecule has 2 fully saturated rings. The average Bonchev–Trinajstić information content (AvgIpc) is 2.64. The molecule has 0 aromatic heterocycles. The molecule has 3 nitrogen and oxygen atoms in total. The molecule has 2 rings (SSSR count). The van der Waals surface area contributed by atoms with Crippen LogP contribution in [0.25, 0.3) is 0 Å². The van der Waals surface area contributed by atoms with Crippen LogP contribution in [0.1, 0.15) is 33.1 Å². The van der Waals surface area contributed by atoms with Crippen LogP contribution in [-0.2, 0) is 4.74 Å². The number of hydrogen-bond acceptors (Lipinski definition) is 3. The maximum absolute atomic E-state index is 5.75. The molecule has 0 radical (unpaired) electrons. The van der Waals surface area contributed by atoms with E-state index in [0.717, 1.165) is 31.8 Å². The Bertz CT molecular complexity index is 218. The molecule has 1 saturated carbocycles. The molecule has 3 heteroatoms. The minimum Gasteiger partial charge on any atom is -0.373 e. The zero-order valence-electron chi connectivity index (χ0n) is 10.3. The van der Waals surface area contributed by atoms with Gasteiger partial charge in [0.05, 0.1) is 12.2 Å². The number of nitrogens with zero attached hydrogens (tertiary/aromatic N) is 1. The van der Waals surface area contributed by atoms with Crippen molar-refractivity contribution in [1.29, 1.82) is 0 Å². The number of hydrogen-bond donors (Lipinski definition) is 1. The summed E-state index contributed by atoms with van der Waals surface area (Å²) in [4.78, 5) is 2.63. The van der Waals surface area contributed by atoms with E-state index in [1.807, 2.05) is 0 Å². The Labute approximate surface area is 93.2 Å². The quantitative estimate of drug-likeness (QED) is 0.745. The fourth-order valence-electron chi connectivity index (χ4n) is 2.92. The van der Waals surface area contributed by atoms with Gasteiger partial charge in [-0.05, 0) is 40.2 Å². The van der Waals surface area contributed by atoms with Crippen molar-refractivity contribution in [2.45, 2.75) is 50.8 Å². The average molecular weight is 212 g/mol. The minimum absolute atomic E-state index is 0.0516. The molecule has 1 N–H and O–H groups in total. The van der Waals surface area contributed by atoms with Crippen LogP contribution in [0.4, 0.5) is 0 Å². The van der Waals surface area contributed by atoms with E-state index in [4.69, 9.17) is 4.74 Å². The molecule has 1 aliphatic carbocycles. The summed E-state index contributed by atoms with van der Waals surface area (Å²) >= 11 is 0. The van der Waals surface area contributed by atoms with Gasteiger partial charge < -0.3 is 10.1 Å². The van der Waals surface area contributed by atoms with Crippen molar-refractivity contribution in [3.63, 3.8) is 0 Å². The fraction of sp³-hybridized carbons (Fsp3) is 1.00. The Morgan fingerprint density at radius 1 is 1.33 bits per heavy atom. The van der Waals surface area contributed by atoms with Crippen LogP contribution in [0.2, 0.25) is 0 Å². The van der Waals surface area contributed by atoms with Crippen LogP contribution in [0.3, 0.4) is 0 Å². The Kier molecular flexibility index (Phi) is 3.33. The highest BCUT2D eigenvalue weighted by molar-refractivity contribution is 4.90. The van der Waals surface area contributed by atoms with Crippen molar-refractivity contribution >= 4 is 0 Å². The highest BCUT2D eigenvalue weighted by Gasteiger charge is 2.34. The maximum atomic E-state index is 5.75. The molecular weight excluding hydrogens is 188 g/mol. The molecule has 0 spiro atoms. The summed E-state index contributed by atoms with van der Waals surface area (Å²) in [6.45, 7) is 7.50. The zero-order chi connectivity index (χ0) is 10.9. The summed E-state index contributed by atoms with van der Waals surface area (Å²) in [6.07, 6.45) is 3.99. The lowest BCUT2D eigenvalue weighted by Crippen LogP contribution is -2.51. The Hall–Kier alpha value is -0.120. The first-order valence-corrected chi connectivity index (χ1v) is 6.16. The Balaban J connectivity index is 1.88. The predicted octanol–water partition coefficient (Wildman–Crippen LogP) is 1.24. The van der Waals surface area contributed by atoms with Crippen LogP contribution >= 0.6 is 0 Å². The van der Waals surface area contributed by atoms with E-state index >= 15 is 0 Å². The normalized spacial score (nSPS) is 37.0. The summed E-state index contributed by atoms with van der Waals surface area (Å²) in [5, 5.41) is 3.40. The number of morpholine rings is 1. The van der Waals surface area contributed by atoms with Gasteiger partial charge in [0.15, 0.2) is 0 Å². The van der Waals surface area contributed by atoms with E-state index < -0.39 is 0 Å². The smallest absolute Gasteiger partial charge is 0.0753 e.